The Balaban J connectivity index is 3.66. The van der Waals surface area contributed by atoms with Gasteiger partial charge in [0.1, 0.15) is 0 Å². The zero-order valence-electron chi connectivity index (χ0n) is 23.4. The van der Waals surface area contributed by atoms with Gasteiger partial charge >= 0.3 is 0 Å². The number of hydrogen-bond donors (Lipinski definition) is 2. The van der Waals surface area contributed by atoms with Crippen molar-refractivity contribution in [3.05, 3.63) is 0 Å². The summed E-state index contributed by atoms with van der Waals surface area (Å²) in [6.45, 7) is 6.17. The molecule has 0 bridgehead atoms. The molecule has 0 saturated carbocycles. The minimum absolute atomic E-state index is 0.0777. The van der Waals surface area contributed by atoms with Crippen LogP contribution in [0.4, 0.5) is 0 Å². The Kier molecular flexibility index (Phi) is 26.2. The highest BCUT2D eigenvalue weighted by Crippen LogP contribution is 2.34. The zero-order chi connectivity index (χ0) is 26.0. The van der Waals surface area contributed by atoms with E-state index in [1.54, 1.807) is 0 Å². The van der Waals surface area contributed by atoms with Crippen LogP contribution in [0.1, 0.15) is 130 Å². The molecule has 7 heteroatoms. The smallest absolute Gasteiger partial charge is 0.261 e. The summed E-state index contributed by atoms with van der Waals surface area (Å²) in [5.41, 5.74) is 0. The normalized spacial score (nSPS) is 14.8. The van der Waals surface area contributed by atoms with E-state index in [2.05, 4.69) is 20.8 Å². The Labute approximate surface area is 225 Å². The molecule has 0 aliphatic heterocycles. The number of aliphatic hydroxyl groups excluding tert-OH is 2. The summed E-state index contributed by atoms with van der Waals surface area (Å²) in [4.78, 5) is -0.162. The highest BCUT2D eigenvalue weighted by atomic mass is 35.5. The molecule has 0 amide bonds. The number of unbranched alkanes of at least 4 members (excludes halogenated alkanes) is 13. The summed E-state index contributed by atoms with van der Waals surface area (Å²) < 4.78 is 16.3. The number of ether oxygens (including phenoxy) is 2. The lowest BCUT2D eigenvalue weighted by Crippen LogP contribution is -2.27. The Bertz CT molecular complexity index is 420. The largest absolute Gasteiger partial charge is 0.394 e. The summed E-state index contributed by atoms with van der Waals surface area (Å²) in [5.74, 6) is 0.512. The first-order chi connectivity index (χ1) is 17.0. The molecule has 0 aromatic carbocycles. The second-order valence-corrected chi connectivity index (χ2v) is 12.7. The SMILES string of the molecule is CCCCCCCCCCCCCCCCC(C)C(C)(Cl)CCC[SiH2]OC(OCCO)OCCO. The number of aliphatic hydroxyl groups is 2. The van der Waals surface area contributed by atoms with Crippen LogP contribution in [0, 0.1) is 5.92 Å². The van der Waals surface area contributed by atoms with E-state index < -0.39 is 16.2 Å². The van der Waals surface area contributed by atoms with E-state index in [9.17, 15) is 0 Å². The highest BCUT2D eigenvalue weighted by Gasteiger charge is 2.27. The molecular formula is C28H59ClO5Si. The number of alkyl halides is 1. The van der Waals surface area contributed by atoms with E-state index in [0.717, 1.165) is 18.9 Å². The van der Waals surface area contributed by atoms with Crippen LogP contribution >= 0.6 is 11.6 Å². The monoisotopic (exact) mass is 538 g/mol. The fraction of sp³-hybridized carbons (Fsp3) is 1.00. The van der Waals surface area contributed by atoms with Crippen LogP contribution in [0.3, 0.4) is 0 Å². The molecule has 212 valence electrons. The van der Waals surface area contributed by atoms with Gasteiger partial charge in [0, 0.05) is 4.87 Å². The molecule has 0 heterocycles. The van der Waals surface area contributed by atoms with E-state index in [1.807, 2.05) is 0 Å². The van der Waals surface area contributed by atoms with E-state index in [4.69, 9.17) is 35.7 Å². The topological polar surface area (TPSA) is 68.2 Å². The van der Waals surface area contributed by atoms with Gasteiger partial charge in [-0.15, -0.1) is 11.6 Å². The van der Waals surface area contributed by atoms with Crippen molar-refractivity contribution in [2.75, 3.05) is 26.4 Å². The van der Waals surface area contributed by atoms with Crippen molar-refractivity contribution in [3.63, 3.8) is 0 Å². The molecule has 0 aliphatic rings. The van der Waals surface area contributed by atoms with Crippen LogP contribution in [-0.2, 0) is 13.9 Å². The molecule has 0 aliphatic carbocycles. The van der Waals surface area contributed by atoms with Crippen LogP contribution in [-0.4, -0.2) is 57.8 Å². The summed E-state index contributed by atoms with van der Waals surface area (Å²) >= 11 is 6.89. The first-order valence-electron chi connectivity index (χ1n) is 14.7. The van der Waals surface area contributed by atoms with Crippen LogP contribution in [0.2, 0.25) is 6.04 Å². The lowest BCUT2D eigenvalue weighted by molar-refractivity contribution is -0.252. The summed E-state index contributed by atoms with van der Waals surface area (Å²) in [6.07, 6.45) is 22.8. The van der Waals surface area contributed by atoms with Gasteiger partial charge in [0.2, 0.25) is 0 Å². The van der Waals surface area contributed by atoms with Gasteiger partial charge in [-0.1, -0.05) is 110 Å². The predicted octanol–water partition coefficient (Wildman–Crippen LogP) is 7.09. The molecule has 2 atom stereocenters. The predicted molar refractivity (Wildman–Crippen MR) is 152 cm³/mol. The fourth-order valence-corrected chi connectivity index (χ4v) is 5.64. The molecule has 0 aromatic heterocycles. The van der Waals surface area contributed by atoms with E-state index in [0.29, 0.717) is 5.92 Å². The van der Waals surface area contributed by atoms with Gasteiger partial charge in [0.05, 0.1) is 26.4 Å². The van der Waals surface area contributed by atoms with Gasteiger partial charge in [-0.05, 0) is 31.7 Å². The Hall–Kier alpha value is 0.307. The van der Waals surface area contributed by atoms with Gasteiger partial charge in [0.25, 0.3) is 6.48 Å². The molecule has 35 heavy (non-hydrogen) atoms. The third-order valence-corrected chi connectivity index (χ3v) is 8.88. The zero-order valence-corrected chi connectivity index (χ0v) is 25.6. The Morgan fingerprint density at radius 1 is 0.743 bits per heavy atom. The highest BCUT2D eigenvalue weighted by molar-refractivity contribution is 6.27. The lowest BCUT2D eigenvalue weighted by atomic mass is 9.86. The molecule has 0 rings (SSSR count). The van der Waals surface area contributed by atoms with Crippen molar-refractivity contribution in [1.82, 2.24) is 0 Å². The van der Waals surface area contributed by atoms with E-state index in [-0.39, 0.29) is 31.3 Å². The summed E-state index contributed by atoms with van der Waals surface area (Å²) in [7, 11) is -0.798. The average Bonchev–Trinajstić information content (AvgIpc) is 2.84. The van der Waals surface area contributed by atoms with Crippen LogP contribution in [0.15, 0.2) is 0 Å². The number of hydrogen-bond acceptors (Lipinski definition) is 5. The van der Waals surface area contributed by atoms with Crippen LogP contribution in [0.5, 0.6) is 0 Å². The molecule has 0 saturated heterocycles. The van der Waals surface area contributed by atoms with Crippen LogP contribution < -0.4 is 0 Å². The third-order valence-electron chi connectivity index (χ3n) is 7.02. The maximum atomic E-state index is 8.88. The molecular weight excluding hydrogens is 480 g/mol. The first kappa shape index (κ1) is 35.3. The Morgan fingerprint density at radius 3 is 1.66 bits per heavy atom. The maximum absolute atomic E-state index is 8.88. The molecule has 0 radical (unpaired) electrons. The van der Waals surface area contributed by atoms with Gasteiger partial charge in [-0.25, -0.2) is 0 Å². The van der Waals surface area contributed by atoms with Crippen molar-refractivity contribution in [3.8, 4) is 0 Å². The van der Waals surface area contributed by atoms with E-state index >= 15 is 0 Å². The molecule has 0 fully saturated rings. The molecule has 0 aromatic rings. The molecule has 0 spiro atoms. The first-order valence-corrected chi connectivity index (χ1v) is 16.7. The number of rotatable bonds is 28. The quantitative estimate of drug-likeness (QED) is 0.0481. The van der Waals surface area contributed by atoms with Crippen molar-refractivity contribution in [1.29, 1.82) is 0 Å². The van der Waals surface area contributed by atoms with Crippen LogP contribution in [0.25, 0.3) is 0 Å². The molecule has 2 unspecified atom stereocenters. The van der Waals surface area contributed by atoms with Gasteiger partial charge in [-0.3, -0.25) is 0 Å². The second kappa shape index (κ2) is 25.9. The fourth-order valence-electron chi connectivity index (χ4n) is 4.39. The third kappa shape index (κ3) is 23.2. The molecule has 5 nitrogen and oxygen atoms in total. The second-order valence-electron chi connectivity index (χ2n) is 10.4. The minimum Gasteiger partial charge on any atom is -0.394 e. The van der Waals surface area contributed by atoms with E-state index in [1.165, 1.54) is 96.3 Å². The maximum Gasteiger partial charge on any atom is 0.261 e. The van der Waals surface area contributed by atoms with Gasteiger partial charge < -0.3 is 24.1 Å². The van der Waals surface area contributed by atoms with Crippen molar-refractivity contribution < 1.29 is 24.1 Å². The minimum atomic E-state index is -0.798. The average molecular weight is 539 g/mol. The van der Waals surface area contributed by atoms with Gasteiger partial charge in [0.15, 0.2) is 9.76 Å². The summed E-state index contributed by atoms with van der Waals surface area (Å²) in [5, 5.41) is 17.8. The van der Waals surface area contributed by atoms with Gasteiger partial charge in [-0.2, -0.15) is 0 Å². The molecule has 2 N–H and O–H groups in total. The van der Waals surface area contributed by atoms with Crippen molar-refractivity contribution in [2.24, 2.45) is 5.92 Å². The standard InChI is InChI=1S/C28H59ClO5Si/c1-4-5-6-7-8-9-10-11-12-13-14-15-16-17-19-26(2)28(3,29)20-18-25-35-34-27(32-23-21-30)33-24-22-31/h26-27,30-31H,4-25,35H2,1-3H3. The summed E-state index contributed by atoms with van der Waals surface area (Å²) in [6, 6.07) is 1.01. The Morgan fingerprint density at radius 2 is 1.20 bits per heavy atom. The van der Waals surface area contributed by atoms with Crippen molar-refractivity contribution in [2.45, 2.75) is 147 Å². The lowest BCUT2D eigenvalue weighted by Gasteiger charge is -2.29. The van der Waals surface area contributed by atoms with Crippen molar-refractivity contribution >= 4 is 21.4 Å². The number of halogens is 1.